The first-order chi connectivity index (χ1) is 9.83. The molecule has 3 rings (SSSR count). The van der Waals surface area contributed by atoms with E-state index in [0.717, 1.165) is 24.2 Å². The number of rotatable bonds is 2. The molecule has 1 aliphatic carbocycles. The van der Waals surface area contributed by atoms with E-state index in [0.29, 0.717) is 6.61 Å². The van der Waals surface area contributed by atoms with Crippen LogP contribution in [0.4, 0.5) is 0 Å². The van der Waals surface area contributed by atoms with Crippen molar-refractivity contribution < 1.29 is 4.74 Å². The van der Waals surface area contributed by atoms with Gasteiger partial charge in [-0.1, -0.05) is 36.1 Å². The highest BCUT2D eigenvalue weighted by molar-refractivity contribution is 5.40. The molecule has 1 unspecified atom stereocenters. The summed E-state index contributed by atoms with van der Waals surface area (Å²) in [6.07, 6.45) is 2.08. The quantitative estimate of drug-likeness (QED) is 0.845. The van der Waals surface area contributed by atoms with Crippen LogP contribution in [0.5, 0.6) is 5.75 Å². The highest BCUT2D eigenvalue weighted by atomic mass is 16.5. The Morgan fingerprint density at radius 2 is 2.00 bits per heavy atom. The molecule has 0 aromatic heterocycles. The normalized spacial score (nSPS) is 16.1. The molecule has 100 valence electrons. The average molecular weight is 263 g/mol. The number of fused-ring (bicyclic) bond motifs is 1. The number of hydrogen-bond acceptors (Lipinski definition) is 2. The Kier molecular flexibility index (Phi) is 3.71. The van der Waals surface area contributed by atoms with Crippen molar-refractivity contribution in [3.05, 3.63) is 65.2 Å². The summed E-state index contributed by atoms with van der Waals surface area (Å²) < 4.78 is 5.67. The third-order valence-corrected chi connectivity index (χ3v) is 3.56. The Morgan fingerprint density at radius 1 is 1.15 bits per heavy atom. The zero-order chi connectivity index (χ0) is 13.8. The summed E-state index contributed by atoms with van der Waals surface area (Å²) in [7, 11) is 0. The van der Waals surface area contributed by atoms with E-state index >= 15 is 0 Å². The summed E-state index contributed by atoms with van der Waals surface area (Å²) in [4.78, 5) is 0. The van der Waals surface area contributed by atoms with Gasteiger partial charge in [0.2, 0.25) is 0 Å². The van der Waals surface area contributed by atoms with Gasteiger partial charge in [0.05, 0.1) is 0 Å². The van der Waals surface area contributed by atoms with Crippen molar-refractivity contribution in [1.82, 2.24) is 0 Å². The topological polar surface area (TPSA) is 35.2 Å². The van der Waals surface area contributed by atoms with Gasteiger partial charge in [0.15, 0.2) is 0 Å². The molecule has 20 heavy (non-hydrogen) atoms. The van der Waals surface area contributed by atoms with Gasteiger partial charge in [-0.2, -0.15) is 0 Å². The number of benzene rings is 2. The summed E-state index contributed by atoms with van der Waals surface area (Å²) in [5.41, 5.74) is 9.60. The molecule has 2 N–H and O–H groups in total. The molecular formula is C18H17NO. The molecular weight excluding hydrogens is 246 g/mol. The van der Waals surface area contributed by atoms with E-state index in [-0.39, 0.29) is 6.04 Å². The minimum absolute atomic E-state index is 0.192. The second-order valence-corrected chi connectivity index (χ2v) is 4.96. The molecule has 2 nitrogen and oxygen atoms in total. The maximum Gasteiger partial charge on any atom is 0.149 e. The van der Waals surface area contributed by atoms with Crippen LogP contribution in [0, 0.1) is 11.8 Å². The van der Waals surface area contributed by atoms with Crippen LogP contribution in [-0.4, -0.2) is 6.61 Å². The van der Waals surface area contributed by atoms with Gasteiger partial charge in [-0.25, -0.2) is 0 Å². The average Bonchev–Trinajstić information content (AvgIpc) is 2.86. The third-order valence-electron chi connectivity index (χ3n) is 3.56. The zero-order valence-corrected chi connectivity index (χ0v) is 11.3. The second-order valence-electron chi connectivity index (χ2n) is 4.96. The van der Waals surface area contributed by atoms with Crippen molar-refractivity contribution in [1.29, 1.82) is 0 Å². The van der Waals surface area contributed by atoms with Crippen molar-refractivity contribution in [2.45, 2.75) is 18.9 Å². The van der Waals surface area contributed by atoms with Crippen molar-refractivity contribution in [3.63, 3.8) is 0 Å². The first-order valence-electron chi connectivity index (χ1n) is 6.88. The van der Waals surface area contributed by atoms with Crippen LogP contribution >= 0.6 is 0 Å². The first-order valence-corrected chi connectivity index (χ1v) is 6.88. The van der Waals surface area contributed by atoms with Gasteiger partial charge in [-0.15, -0.1) is 0 Å². The Labute approximate surface area is 119 Å². The lowest BCUT2D eigenvalue weighted by molar-refractivity contribution is 0.370. The Morgan fingerprint density at radius 3 is 2.85 bits per heavy atom. The van der Waals surface area contributed by atoms with E-state index in [4.69, 9.17) is 10.5 Å². The number of nitrogens with two attached hydrogens (primary N) is 1. The van der Waals surface area contributed by atoms with Gasteiger partial charge in [0.25, 0.3) is 0 Å². The molecule has 0 spiro atoms. The molecule has 2 heteroatoms. The van der Waals surface area contributed by atoms with Crippen LogP contribution in [0.1, 0.15) is 29.2 Å². The highest BCUT2D eigenvalue weighted by Gasteiger charge is 2.18. The fourth-order valence-corrected chi connectivity index (χ4v) is 2.50. The maximum atomic E-state index is 6.02. The molecule has 1 atom stereocenters. The molecule has 0 aliphatic heterocycles. The summed E-state index contributed by atoms with van der Waals surface area (Å²) in [6.45, 7) is 0.403. The van der Waals surface area contributed by atoms with Gasteiger partial charge < -0.3 is 10.5 Å². The van der Waals surface area contributed by atoms with Gasteiger partial charge in [-0.05, 0) is 48.2 Å². The molecule has 2 aromatic rings. The summed E-state index contributed by atoms with van der Waals surface area (Å²) in [5, 5.41) is 0. The van der Waals surface area contributed by atoms with E-state index in [1.807, 2.05) is 36.4 Å². The molecule has 0 bridgehead atoms. The van der Waals surface area contributed by atoms with Crippen molar-refractivity contribution >= 4 is 0 Å². The maximum absolute atomic E-state index is 6.02. The molecule has 2 aromatic carbocycles. The number of ether oxygens (including phenoxy) is 1. The van der Waals surface area contributed by atoms with E-state index in [1.165, 1.54) is 11.1 Å². The monoisotopic (exact) mass is 263 g/mol. The number of aryl methyl sites for hydroxylation is 1. The van der Waals surface area contributed by atoms with Crippen LogP contribution in [0.3, 0.4) is 0 Å². The lowest BCUT2D eigenvalue weighted by Gasteiger charge is -2.07. The number of hydrogen-bond donors (Lipinski definition) is 1. The predicted molar refractivity (Wildman–Crippen MR) is 80.5 cm³/mol. The van der Waals surface area contributed by atoms with Gasteiger partial charge in [0, 0.05) is 11.6 Å². The van der Waals surface area contributed by atoms with E-state index < -0.39 is 0 Å². The van der Waals surface area contributed by atoms with E-state index in [9.17, 15) is 0 Å². The van der Waals surface area contributed by atoms with Gasteiger partial charge in [0.1, 0.15) is 12.4 Å². The SMILES string of the molecule is NC1CCc2cc(OCC#Cc3ccccc3)ccc21. The van der Waals surface area contributed by atoms with Crippen LogP contribution in [-0.2, 0) is 6.42 Å². The summed E-state index contributed by atoms with van der Waals surface area (Å²) >= 11 is 0. The van der Waals surface area contributed by atoms with Crippen LogP contribution in [0.25, 0.3) is 0 Å². The van der Waals surface area contributed by atoms with Crippen LogP contribution in [0.15, 0.2) is 48.5 Å². The smallest absolute Gasteiger partial charge is 0.149 e. The molecule has 0 heterocycles. The van der Waals surface area contributed by atoms with Crippen LogP contribution < -0.4 is 10.5 Å². The Balaban J connectivity index is 1.61. The minimum atomic E-state index is 0.192. The molecule has 0 radical (unpaired) electrons. The molecule has 0 amide bonds. The van der Waals surface area contributed by atoms with Crippen molar-refractivity contribution in [2.24, 2.45) is 5.73 Å². The van der Waals surface area contributed by atoms with E-state index in [1.54, 1.807) is 0 Å². The standard InChI is InChI=1S/C18H17NO/c19-18-11-8-15-13-16(9-10-17(15)18)20-12-4-7-14-5-2-1-3-6-14/h1-3,5-6,9-10,13,18H,8,11-12,19H2. The fraction of sp³-hybridized carbons (Fsp3) is 0.222. The first kappa shape index (κ1) is 12.8. The van der Waals surface area contributed by atoms with Crippen molar-refractivity contribution in [3.8, 4) is 17.6 Å². The Bertz CT molecular complexity index is 652. The van der Waals surface area contributed by atoms with Gasteiger partial charge >= 0.3 is 0 Å². The van der Waals surface area contributed by atoms with E-state index in [2.05, 4.69) is 24.0 Å². The van der Waals surface area contributed by atoms with Crippen molar-refractivity contribution in [2.75, 3.05) is 6.61 Å². The highest BCUT2D eigenvalue weighted by Crippen LogP contribution is 2.31. The third kappa shape index (κ3) is 2.84. The summed E-state index contributed by atoms with van der Waals surface area (Å²) in [5.74, 6) is 6.98. The molecule has 0 fully saturated rings. The second kappa shape index (κ2) is 5.81. The Hall–Kier alpha value is -2.24. The molecule has 1 aliphatic rings. The minimum Gasteiger partial charge on any atom is -0.481 e. The largest absolute Gasteiger partial charge is 0.481 e. The van der Waals surface area contributed by atoms with Crippen LogP contribution in [0.2, 0.25) is 0 Å². The summed E-state index contributed by atoms with van der Waals surface area (Å²) in [6, 6.07) is 16.3. The molecule has 0 saturated carbocycles. The lowest BCUT2D eigenvalue weighted by atomic mass is 10.1. The zero-order valence-electron chi connectivity index (χ0n) is 11.3. The van der Waals surface area contributed by atoms with Gasteiger partial charge in [-0.3, -0.25) is 0 Å². The lowest BCUT2D eigenvalue weighted by Crippen LogP contribution is -2.05. The molecule has 0 saturated heterocycles. The predicted octanol–water partition coefficient (Wildman–Crippen LogP) is 3.06. The fourth-order valence-electron chi connectivity index (χ4n) is 2.50.